The van der Waals surface area contributed by atoms with Crippen LogP contribution in [0.3, 0.4) is 0 Å². The van der Waals surface area contributed by atoms with E-state index in [0.29, 0.717) is 0 Å². The third-order valence-electron chi connectivity index (χ3n) is 2.39. The second-order valence-electron chi connectivity index (χ2n) is 3.42. The van der Waals surface area contributed by atoms with Gasteiger partial charge < -0.3 is 4.90 Å². The fourth-order valence-corrected chi connectivity index (χ4v) is 1.51. The van der Waals surface area contributed by atoms with Crippen molar-refractivity contribution in [3.8, 4) is 12.3 Å². The Hall–Kier alpha value is -1.42. The van der Waals surface area contributed by atoms with Crippen molar-refractivity contribution >= 4 is 5.69 Å². The molecule has 0 saturated heterocycles. The van der Waals surface area contributed by atoms with Crippen molar-refractivity contribution in [3.63, 3.8) is 0 Å². The van der Waals surface area contributed by atoms with Gasteiger partial charge in [-0.15, -0.1) is 6.42 Å². The largest absolute Gasteiger partial charge is 0.361 e. The molecule has 0 fully saturated rings. The first-order valence-corrected chi connectivity index (χ1v) is 5.03. The average molecular weight is 187 g/mol. The van der Waals surface area contributed by atoms with Gasteiger partial charge >= 0.3 is 0 Å². The molecule has 0 unspecified atom stereocenters. The molecular formula is C13H17N. The zero-order valence-electron chi connectivity index (χ0n) is 8.90. The van der Waals surface area contributed by atoms with Crippen LogP contribution in [0.15, 0.2) is 30.3 Å². The summed E-state index contributed by atoms with van der Waals surface area (Å²) in [5.74, 6) is 2.83. The Kier molecular flexibility index (Phi) is 4.07. The Balaban J connectivity index is 2.74. The maximum absolute atomic E-state index is 5.51. The third kappa shape index (κ3) is 2.53. The predicted octanol–water partition coefficient (Wildman–Crippen LogP) is 2.92. The van der Waals surface area contributed by atoms with Gasteiger partial charge in [-0.1, -0.05) is 37.5 Å². The van der Waals surface area contributed by atoms with E-state index < -0.39 is 0 Å². The minimum Gasteiger partial charge on any atom is -0.361 e. The van der Waals surface area contributed by atoms with Crippen molar-refractivity contribution in [1.29, 1.82) is 0 Å². The van der Waals surface area contributed by atoms with Gasteiger partial charge in [0, 0.05) is 12.7 Å². The van der Waals surface area contributed by atoms with Gasteiger partial charge in [0.2, 0.25) is 0 Å². The van der Waals surface area contributed by atoms with Crippen LogP contribution in [-0.2, 0) is 0 Å². The number of para-hydroxylation sites is 1. The molecule has 0 radical (unpaired) electrons. The number of nitrogens with zero attached hydrogens (tertiary/aromatic N) is 1. The van der Waals surface area contributed by atoms with Crippen molar-refractivity contribution in [3.05, 3.63) is 30.3 Å². The molecule has 0 bridgehead atoms. The number of hydrogen-bond acceptors (Lipinski definition) is 1. The van der Waals surface area contributed by atoms with Gasteiger partial charge in [0.25, 0.3) is 0 Å². The van der Waals surface area contributed by atoms with E-state index in [-0.39, 0.29) is 6.04 Å². The number of hydrogen-bond donors (Lipinski definition) is 0. The standard InChI is InChI=1S/C13H17N/c1-4-9-12(5-2)14(3)13-10-7-6-8-11-13/h2,6-8,10-12H,4,9H2,1,3H3/t12-/m0/s1. The van der Waals surface area contributed by atoms with Gasteiger partial charge in [-0.05, 0) is 18.6 Å². The fraction of sp³-hybridized carbons (Fsp3) is 0.385. The molecule has 1 atom stereocenters. The zero-order valence-corrected chi connectivity index (χ0v) is 8.90. The van der Waals surface area contributed by atoms with Crippen LogP contribution >= 0.6 is 0 Å². The van der Waals surface area contributed by atoms with Crippen molar-refractivity contribution in [2.75, 3.05) is 11.9 Å². The lowest BCUT2D eigenvalue weighted by atomic mass is 10.1. The van der Waals surface area contributed by atoms with E-state index in [1.54, 1.807) is 0 Å². The molecule has 0 aliphatic rings. The lowest BCUT2D eigenvalue weighted by Gasteiger charge is -2.25. The van der Waals surface area contributed by atoms with Crippen LogP contribution < -0.4 is 4.90 Å². The second-order valence-corrected chi connectivity index (χ2v) is 3.42. The van der Waals surface area contributed by atoms with Crippen molar-refractivity contribution < 1.29 is 0 Å². The first-order chi connectivity index (χ1) is 6.79. The maximum atomic E-state index is 5.51. The van der Waals surface area contributed by atoms with E-state index in [9.17, 15) is 0 Å². The molecule has 14 heavy (non-hydrogen) atoms. The topological polar surface area (TPSA) is 3.24 Å². The highest BCUT2D eigenvalue weighted by Crippen LogP contribution is 2.16. The summed E-state index contributed by atoms with van der Waals surface area (Å²) in [6, 6.07) is 10.5. The smallest absolute Gasteiger partial charge is 0.0897 e. The lowest BCUT2D eigenvalue weighted by Crippen LogP contribution is -2.29. The number of benzene rings is 1. The van der Waals surface area contributed by atoms with Gasteiger partial charge in [-0.2, -0.15) is 0 Å². The molecule has 0 aliphatic heterocycles. The molecule has 0 spiro atoms. The molecule has 74 valence electrons. The van der Waals surface area contributed by atoms with Gasteiger partial charge in [0.05, 0.1) is 6.04 Å². The van der Waals surface area contributed by atoms with Crippen LogP contribution in [0.2, 0.25) is 0 Å². The van der Waals surface area contributed by atoms with Crippen LogP contribution in [0, 0.1) is 12.3 Å². The maximum Gasteiger partial charge on any atom is 0.0897 e. The number of anilines is 1. The average Bonchev–Trinajstić information content (AvgIpc) is 2.26. The molecule has 1 rings (SSSR count). The lowest BCUT2D eigenvalue weighted by molar-refractivity contribution is 0.680. The predicted molar refractivity (Wildman–Crippen MR) is 62.4 cm³/mol. The highest BCUT2D eigenvalue weighted by molar-refractivity contribution is 5.47. The van der Waals surface area contributed by atoms with Crippen LogP contribution in [0.1, 0.15) is 19.8 Å². The minimum absolute atomic E-state index is 0.211. The van der Waals surface area contributed by atoms with Crippen molar-refractivity contribution in [2.45, 2.75) is 25.8 Å². The SMILES string of the molecule is C#C[C@@H](CCC)N(C)c1ccccc1. The summed E-state index contributed by atoms with van der Waals surface area (Å²) >= 11 is 0. The molecule has 0 aromatic heterocycles. The fourth-order valence-electron chi connectivity index (χ4n) is 1.51. The molecule has 1 nitrogen and oxygen atoms in total. The van der Waals surface area contributed by atoms with Gasteiger partial charge in [0.1, 0.15) is 0 Å². The van der Waals surface area contributed by atoms with Gasteiger partial charge in [0.15, 0.2) is 0 Å². The first kappa shape index (κ1) is 10.7. The van der Waals surface area contributed by atoms with Crippen molar-refractivity contribution in [1.82, 2.24) is 0 Å². The minimum atomic E-state index is 0.211. The third-order valence-corrected chi connectivity index (χ3v) is 2.39. The van der Waals surface area contributed by atoms with E-state index in [1.807, 2.05) is 18.2 Å². The van der Waals surface area contributed by atoms with E-state index in [1.165, 1.54) is 5.69 Å². The molecule has 1 aromatic carbocycles. The van der Waals surface area contributed by atoms with E-state index in [4.69, 9.17) is 6.42 Å². The number of rotatable bonds is 4. The van der Waals surface area contributed by atoms with E-state index >= 15 is 0 Å². The summed E-state index contributed by atoms with van der Waals surface area (Å²) in [6.07, 6.45) is 7.67. The Bertz CT molecular complexity index is 297. The molecule has 0 saturated carbocycles. The van der Waals surface area contributed by atoms with Crippen LogP contribution in [-0.4, -0.2) is 13.1 Å². The highest BCUT2D eigenvalue weighted by Gasteiger charge is 2.10. The first-order valence-electron chi connectivity index (χ1n) is 5.03. The molecule has 1 heteroatoms. The molecular weight excluding hydrogens is 170 g/mol. The summed E-state index contributed by atoms with van der Waals surface area (Å²) in [5, 5.41) is 0. The molecule has 1 aromatic rings. The van der Waals surface area contributed by atoms with Crippen LogP contribution in [0.25, 0.3) is 0 Å². The Labute approximate surface area is 86.7 Å². The summed E-state index contributed by atoms with van der Waals surface area (Å²) in [5.41, 5.74) is 1.18. The van der Waals surface area contributed by atoms with Crippen LogP contribution in [0.5, 0.6) is 0 Å². The molecule has 0 aliphatic carbocycles. The van der Waals surface area contributed by atoms with Gasteiger partial charge in [-0.3, -0.25) is 0 Å². The molecule has 0 N–H and O–H groups in total. The Morgan fingerprint density at radius 3 is 2.50 bits per heavy atom. The highest BCUT2D eigenvalue weighted by atomic mass is 15.1. The van der Waals surface area contributed by atoms with Gasteiger partial charge in [-0.25, -0.2) is 0 Å². The zero-order chi connectivity index (χ0) is 10.4. The van der Waals surface area contributed by atoms with Crippen LogP contribution in [0.4, 0.5) is 5.69 Å². The Morgan fingerprint density at radius 1 is 1.36 bits per heavy atom. The second kappa shape index (κ2) is 5.34. The number of terminal acetylenes is 1. The normalized spacial score (nSPS) is 11.8. The summed E-state index contributed by atoms with van der Waals surface area (Å²) in [4.78, 5) is 2.16. The summed E-state index contributed by atoms with van der Waals surface area (Å²) in [6.45, 7) is 2.16. The molecule has 0 heterocycles. The summed E-state index contributed by atoms with van der Waals surface area (Å²) in [7, 11) is 2.05. The monoisotopic (exact) mass is 187 g/mol. The Morgan fingerprint density at radius 2 is 2.00 bits per heavy atom. The van der Waals surface area contributed by atoms with E-state index in [2.05, 4.69) is 36.9 Å². The van der Waals surface area contributed by atoms with E-state index in [0.717, 1.165) is 12.8 Å². The molecule has 0 amide bonds. The van der Waals surface area contributed by atoms with Crippen molar-refractivity contribution in [2.24, 2.45) is 0 Å². The quantitative estimate of drug-likeness (QED) is 0.655. The summed E-state index contributed by atoms with van der Waals surface area (Å²) < 4.78 is 0.